The van der Waals surface area contributed by atoms with Crippen LogP contribution in [0.3, 0.4) is 0 Å². The van der Waals surface area contributed by atoms with Crippen LogP contribution in [0.15, 0.2) is 0 Å². The summed E-state index contributed by atoms with van der Waals surface area (Å²) in [6, 6.07) is 0. The summed E-state index contributed by atoms with van der Waals surface area (Å²) < 4.78 is 0. The third kappa shape index (κ3) is 3.45. The maximum atomic E-state index is 10.7. The number of hydrogen-bond donors (Lipinski definition) is 1. The van der Waals surface area contributed by atoms with Crippen molar-refractivity contribution in [3.8, 4) is 0 Å². The van der Waals surface area contributed by atoms with Gasteiger partial charge in [0.1, 0.15) is 0 Å². The van der Waals surface area contributed by atoms with Crippen molar-refractivity contribution in [2.75, 3.05) is 20.1 Å². The van der Waals surface area contributed by atoms with E-state index in [1.165, 1.54) is 0 Å². The largest absolute Gasteiger partial charge is 0.346 e. The second-order valence-electron chi connectivity index (χ2n) is 2.74. The molecular formula is C7H16N2O. The Morgan fingerprint density at radius 1 is 1.70 bits per heavy atom. The van der Waals surface area contributed by atoms with Crippen molar-refractivity contribution in [2.24, 2.45) is 11.7 Å². The van der Waals surface area contributed by atoms with Crippen molar-refractivity contribution in [3.63, 3.8) is 0 Å². The van der Waals surface area contributed by atoms with Gasteiger partial charge in [0.25, 0.3) is 0 Å². The molecule has 0 spiro atoms. The monoisotopic (exact) mass is 144 g/mol. The molecule has 0 aromatic rings. The van der Waals surface area contributed by atoms with E-state index in [1.807, 2.05) is 6.92 Å². The van der Waals surface area contributed by atoms with E-state index in [1.54, 1.807) is 18.9 Å². The minimum Gasteiger partial charge on any atom is -0.346 e. The van der Waals surface area contributed by atoms with Crippen LogP contribution < -0.4 is 5.73 Å². The number of nitrogens with two attached hydrogens (primary N) is 1. The lowest BCUT2D eigenvalue weighted by Crippen LogP contribution is -2.31. The molecule has 1 unspecified atom stereocenters. The molecule has 0 aliphatic carbocycles. The van der Waals surface area contributed by atoms with Crippen LogP contribution in [0.4, 0.5) is 0 Å². The molecule has 0 heterocycles. The van der Waals surface area contributed by atoms with Crippen LogP contribution in [0.2, 0.25) is 0 Å². The van der Waals surface area contributed by atoms with E-state index in [-0.39, 0.29) is 5.91 Å². The fourth-order valence-corrected chi connectivity index (χ4v) is 0.671. The van der Waals surface area contributed by atoms with Gasteiger partial charge in [-0.1, -0.05) is 6.92 Å². The quantitative estimate of drug-likeness (QED) is 0.608. The molecule has 0 radical (unpaired) electrons. The molecule has 1 atom stereocenters. The van der Waals surface area contributed by atoms with E-state index in [2.05, 4.69) is 0 Å². The van der Waals surface area contributed by atoms with Gasteiger partial charge >= 0.3 is 0 Å². The average molecular weight is 144 g/mol. The van der Waals surface area contributed by atoms with E-state index in [0.717, 1.165) is 6.54 Å². The van der Waals surface area contributed by atoms with Crippen molar-refractivity contribution >= 4 is 5.91 Å². The summed E-state index contributed by atoms with van der Waals surface area (Å²) in [6.07, 6.45) is 0. The van der Waals surface area contributed by atoms with E-state index < -0.39 is 0 Å². The molecule has 0 bridgehead atoms. The predicted molar refractivity (Wildman–Crippen MR) is 41.5 cm³/mol. The van der Waals surface area contributed by atoms with Crippen molar-refractivity contribution < 1.29 is 4.79 Å². The second kappa shape index (κ2) is 4.28. The summed E-state index contributed by atoms with van der Waals surface area (Å²) in [4.78, 5) is 12.4. The van der Waals surface area contributed by atoms with E-state index in [0.29, 0.717) is 12.5 Å². The van der Waals surface area contributed by atoms with Crippen LogP contribution in [-0.2, 0) is 4.79 Å². The van der Waals surface area contributed by atoms with Gasteiger partial charge in [-0.2, -0.15) is 0 Å². The Labute approximate surface area is 62.2 Å². The zero-order chi connectivity index (χ0) is 8.15. The van der Waals surface area contributed by atoms with E-state index in [9.17, 15) is 4.79 Å². The first-order chi connectivity index (χ1) is 4.57. The van der Waals surface area contributed by atoms with Gasteiger partial charge in [-0.25, -0.2) is 0 Å². The van der Waals surface area contributed by atoms with Crippen LogP contribution in [-0.4, -0.2) is 30.9 Å². The van der Waals surface area contributed by atoms with Gasteiger partial charge in [-0.15, -0.1) is 0 Å². The topological polar surface area (TPSA) is 46.3 Å². The minimum absolute atomic E-state index is 0.0975. The summed E-state index contributed by atoms with van der Waals surface area (Å²) in [5.41, 5.74) is 5.38. The maximum Gasteiger partial charge on any atom is 0.219 e. The average Bonchev–Trinajstić information content (AvgIpc) is 1.87. The smallest absolute Gasteiger partial charge is 0.219 e. The van der Waals surface area contributed by atoms with Crippen LogP contribution in [0.5, 0.6) is 0 Å². The summed E-state index contributed by atoms with van der Waals surface area (Å²) in [5.74, 6) is 0.495. The van der Waals surface area contributed by atoms with Crippen LogP contribution in [0.1, 0.15) is 13.8 Å². The highest BCUT2D eigenvalue weighted by Gasteiger charge is 2.05. The molecule has 3 nitrogen and oxygen atoms in total. The molecule has 0 aromatic heterocycles. The molecule has 0 saturated carbocycles. The predicted octanol–water partition coefficient (Wildman–Crippen LogP) is 0.0595. The van der Waals surface area contributed by atoms with Gasteiger partial charge in [0.2, 0.25) is 5.91 Å². The number of carbonyl (C=O) groups is 1. The molecular weight excluding hydrogens is 128 g/mol. The van der Waals surface area contributed by atoms with Gasteiger partial charge in [0.05, 0.1) is 0 Å². The standard InChI is InChI=1S/C7H16N2O/c1-6(4-8)5-9(3)7(2)10/h6H,4-5,8H2,1-3H3. The molecule has 0 fully saturated rings. The molecule has 60 valence electrons. The van der Waals surface area contributed by atoms with Crippen molar-refractivity contribution in [1.82, 2.24) is 4.90 Å². The maximum absolute atomic E-state index is 10.7. The Morgan fingerprint density at radius 2 is 2.20 bits per heavy atom. The first-order valence-electron chi connectivity index (χ1n) is 3.49. The summed E-state index contributed by atoms with van der Waals surface area (Å²) in [5, 5.41) is 0. The molecule has 0 aromatic carbocycles. The van der Waals surface area contributed by atoms with Crippen LogP contribution in [0, 0.1) is 5.92 Å². The summed E-state index contributed by atoms with van der Waals surface area (Å²) in [7, 11) is 1.79. The summed E-state index contributed by atoms with van der Waals surface area (Å²) in [6.45, 7) is 4.98. The Morgan fingerprint density at radius 3 is 2.50 bits per heavy atom. The lowest BCUT2D eigenvalue weighted by Gasteiger charge is -2.18. The molecule has 2 N–H and O–H groups in total. The molecule has 0 aliphatic heterocycles. The van der Waals surface area contributed by atoms with E-state index in [4.69, 9.17) is 5.73 Å². The molecule has 0 saturated heterocycles. The van der Waals surface area contributed by atoms with Gasteiger partial charge in [-0.3, -0.25) is 4.79 Å². The molecule has 0 aliphatic rings. The van der Waals surface area contributed by atoms with Crippen molar-refractivity contribution in [3.05, 3.63) is 0 Å². The molecule has 10 heavy (non-hydrogen) atoms. The zero-order valence-electron chi connectivity index (χ0n) is 6.92. The number of amides is 1. The molecule has 1 amide bonds. The normalized spacial score (nSPS) is 12.8. The Hall–Kier alpha value is -0.570. The van der Waals surface area contributed by atoms with Crippen molar-refractivity contribution in [2.45, 2.75) is 13.8 Å². The fraction of sp³-hybridized carbons (Fsp3) is 0.857. The lowest BCUT2D eigenvalue weighted by molar-refractivity contribution is -0.128. The highest BCUT2D eigenvalue weighted by molar-refractivity contribution is 5.72. The number of carbonyl (C=O) groups excluding carboxylic acids is 1. The van der Waals surface area contributed by atoms with Gasteiger partial charge in [0.15, 0.2) is 0 Å². The van der Waals surface area contributed by atoms with Crippen molar-refractivity contribution in [1.29, 1.82) is 0 Å². The highest BCUT2D eigenvalue weighted by Crippen LogP contribution is 1.94. The Bertz CT molecular complexity index is 114. The zero-order valence-corrected chi connectivity index (χ0v) is 6.92. The number of rotatable bonds is 3. The third-order valence-electron chi connectivity index (χ3n) is 1.53. The first-order valence-corrected chi connectivity index (χ1v) is 3.49. The third-order valence-corrected chi connectivity index (χ3v) is 1.53. The van der Waals surface area contributed by atoms with E-state index >= 15 is 0 Å². The van der Waals surface area contributed by atoms with Gasteiger partial charge in [0, 0.05) is 20.5 Å². The molecule has 0 rings (SSSR count). The Balaban J connectivity index is 3.56. The highest BCUT2D eigenvalue weighted by atomic mass is 16.2. The SMILES string of the molecule is CC(=O)N(C)CC(C)CN. The minimum atomic E-state index is 0.0975. The second-order valence-corrected chi connectivity index (χ2v) is 2.74. The van der Waals surface area contributed by atoms with Gasteiger partial charge in [-0.05, 0) is 12.5 Å². The van der Waals surface area contributed by atoms with Crippen LogP contribution >= 0.6 is 0 Å². The molecule has 3 heteroatoms. The first kappa shape index (κ1) is 9.43. The van der Waals surface area contributed by atoms with Gasteiger partial charge < -0.3 is 10.6 Å². The number of hydrogen-bond acceptors (Lipinski definition) is 2. The fourth-order valence-electron chi connectivity index (χ4n) is 0.671. The Kier molecular flexibility index (Phi) is 4.03. The number of nitrogens with zero attached hydrogens (tertiary/aromatic N) is 1. The lowest BCUT2D eigenvalue weighted by atomic mass is 10.2. The van der Waals surface area contributed by atoms with Crippen LogP contribution in [0.25, 0.3) is 0 Å². The summed E-state index contributed by atoms with van der Waals surface area (Å²) >= 11 is 0.